The molecule has 0 aromatic carbocycles. The fourth-order valence-corrected chi connectivity index (χ4v) is 3.46. The van der Waals surface area contributed by atoms with Crippen LogP contribution in [0.25, 0.3) is 0 Å². The Bertz CT molecular complexity index is 437. The molecule has 1 aromatic rings. The second-order valence-electron chi connectivity index (χ2n) is 5.01. The summed E-state index contributed by atoms with van der Waals surface area (Å²) in [5.41, 5.74) is 0.283. The van der Waals surface area contributed by atoms with Gasteiger partial charge in [0.1, 0.15) is 0 Å². The molecule has 0 amide bonds. The molecule has 0 spiro atoms. The summed E-state index contributed by atoms with van der Waals surface area (Å²) in [4.78, 5) is 12.0. The Morgan fingerprint density at radius 2 is 2.06 bits per heavy atom. The molecule has 94 valence electrons. The van der Waals surface area contributed by atoms with E-state index in [1.807, 2.05) is 16.8 Å². The number of nitrogens with zero attached hydrogens (tertiary/aromatic N) is 1. The maximum Gasteiger partial charge on any atom is 0.264 e. The number of rotatable bonds is 3. The lowest BCUT2D eigenvalue weighted by molar-refractivity contribution is 0.187. The third-order valence-corrected chi connectivity index (χ3v) is 5.00. The van der Waals surface area contributed by atoms with Crippen molar-refractivity contribution in [3.63, 3.8) is 0 Å². The molecule has 0 aliphatic heterocycles. The van der Waals surface area contributed by atoms with Crippen molar-refractivity contribution in [2.45, 2.75) is 38.6 Å². The van der Waals surface area contributed by atoms with Crippen LogP contribution < -0.4 is 5.56 Å². The Hall–Kier alpha value is -0.220. The Morgan fingerprint density at radius 1 is 1.35 bits per heavy atom. The van der Waals surface area contributed by atoms with Crippen LogP contribution in [0.3, 0.4) is 0 Å². The predicted molar refractivity (Wildman–Crippen MR) is 77.8 cm³/mol. The van der Waals surface area contributed by atoms with Gasteiger partial charge in [0.15, 0.2) is 0 Å². The van der Waals surface area contributed by atoms with E-state index in [4.69, 9.17) is 0 Å². The summed E-state index contributed by atoms with van der Waals surface area (Å²) in [7, 11) is 0. The number of hydrogen-bond acceptors (Lipinski definition) is 2. The van der Waals surface area contributed by atoms with Gasteiger partial charge in [-0.15, -0.1) is 0 Å². The smallest absolute Gasteiger partial charge is 0.264 e. The molecule has 2 nitrogen and oxygen atoms in total. The van der Waals surface area contributed by atoms with Crippen LogP contribution in [0, 0.1) is 5.41 Å². The molecule has 4 heteroatoms. The van der Waals surface area contributed by atoms with E-state index in [0.717, 1.165) is 12.3 Å². The Kier molecular flexibility index (Phi) is 4.36. The summed E-state index contributed by atoms with van der Waals surface area (Å²) >= 11 is 7.81. The lowest BCUT2D eigenvalue weighted by Crippen LogP contribution is -2.35. The Morgan fingerprint density at radius 3 is 2.71 bits per heavy atom. The van der Waals surface area contributed by atoms with E-state index in [1.165, 1.54) is 32.1 Å². The molecule has 1 fully saturated rings. The topological polar surface area (TPSA) is 22.0 Å². The third kappa shape index (κ3) is 2.97. The van der Waals surface area contributed by atoms with Gasteiger partial charge in [0.05, 0.1) is 4.47 Å². The maximum atomic E-state index is 12.0. The van der Waals surface area contributed by atoms with Gasteiger partial charge in [0.25, 0.3) is 5.56 Å². The summed E-state index contributed by atoms with van der Waals surface area (Å²) in [5.74, 6) is 0.867. The molecule has 2 rings (SSSR count). The van der Waals surface area contributed by atoms with Gasteiger partial charge in [-0.25, -0.2) is 0 Å². The molecule has 1 aliphatic carbocycles. The molecule has 0 unspecified atom stereocenters. The van der Waals surface area contributed by atoms with Gasteiger partial charge in [0, 0.05) is 12.7 Å². The molecular formula is C13H18BrNOS. The molecule has 1 aliphatic rings. The molecule has 1 saturated carbocycles. The molecule has 0 saturated heterocycles. The van der Waals surface area contributed by atoms with Gasteiger partial charge in [-0.1, -0.05) is 19.3 Å². The summed E-state index contributed by atoms with van der Waals surface area (Å²) in [6, 6.07) is 3.72. The number of aromatic nitrogens is 1. The number of hydrogen-bond donors (Lipinski definition) is 1. The standard InChI is InChI=1S/C13H18BrNOS/c14-11-5-4-8-15(12(11)16)9-13(10-17)6-2-1-3-7-13/h4-5,8,17H,1-3,6-7,9-10H2. The highest BCUT2D eigenvalue weighted by molar-refractivity contribution is 9.10. The number of thiol groups is 1. The highest BCUT2D eigenvalue weighted by Crippen LogP contribution is 2.38. The van der Waals surface area contributed by atoms with Crippen LogP contribution in [0.2, 0.25) is 0 Å². The van der Waals surface area contributed by atoms with Gasteiger partial charge in [-0.2, -0.15) is 12.6 Å². The normalized spacial score (nSPS) is 19.2. The van der Waals surface area contributed by atoms with Crippen molar-refractivity contribution in [2.24, 2.45) is 5.41 Å². The Labute approximate surface area is 116 Å². The molecule has 0 atom stereocenters. The minimum Gasteiger partial charge on any atom is -0.314 e. The van der Waals surface area contributed by atoms with Crippen LogP contribution in [0.4, 0.5) is 0 Å². The van der Waals surface area contributed by atoms with E-state index in [-0.39, 0.29) is 11.0 Å². The van der Waals surface area contributed by atoms with Crippen molar-refractivity contribution in [2.75, 3.05) is 5.75 Å². The summed E-state index contributed by atoms with van der Waals surface area (Å²) < 4.78 is 2.47. The SMILES string of the molecule is O=c1c(Br)cccn1CC1(CS)CCCCC1. The highest BCUT2D eigenvalue weighted by atomic mass is 79.9. The zero-order chi connectivity index (χ0) is 12.3. The van der Waals surface area contributed by atoms with Crippen LogP contribution >= 0.6 is 28.6 Å². The first kappa shape index (κ1) is 13.2. The first-order chi connectivity index (χ1) is 8.17. The van der Waals surface area contributed by atoms with Crippen LogP contribution in [0.15, 0.2) is 27.6 Å². The van der Waals surface area contributed by atoms with Crippen LogP contribution in [-0.4, -0.2) is 10.3 Å². The first-order valence-corrected chi connectivity index (χ1v) is 7.55. The van der Waals surface area contributed by atoms with Crippen molar-refractivity contribution in [3.8, 4) is 0 Å². The zero-order valence-corrected chi connectivity index (χ0v) is 12.3. The van der Waals surface area contributed by atoms with E-state index in [1.54, 1.807) is 6.07 Å². The average molecular weight is 316 g/mol. The van der Waals surface area contributed by atoms with Gasteiger partial charge < -0.3 is 4.57 Å². The van der Waals surface area contributed by atoms with Gasteiger partial charge >= 0.3 is 0 Å². The van der Waals surface area contributed by atoms with Gasteiger partial charge in [-0.05, 0) is 52.1 Å². The average Bonchev–Trinajstić information content (AvgIpc) is 2.36. The maximum absolute atomic E-state index is 12.0. The van der Waals surface area contributed by atoms with E-state index in [2.05, 4.69) is 28.6 Å². The van der Waals surface area contributed by atoms with E-state index in [0.29, 0.717) is 4.47 Å². The number of halogens is 1. The molecule has 1 heterocycles. The second-order valence-corrected chi connectivity index (χ2v) is 6.18. The molecule has 17 heavy (non-hydrogen) atoms. The van der Waals surface area contributed by atoms with Crippen molar-refractivity contribution in [1.29, 1.82) is 0 Å². The predicted octanol–water partition coefficient (Wildman–Crippen LogP) is 3.49. The zero-order valence-electron chi connectivity index (χ0n) is 9.86. The van der Waals surface area contributed by atoms with Crippen molar-refractivity contribution < 1.29 is 0 Å². The first-order valence-electron chi connectivity index (χ1n) is 6.13. The fraction of sp³-hybridized carbons (Fsp3) is 0.615. The second kappa shape index (κ2) is 5.61. The Balaban J connectivity index is 2.23. The molecule has 1 aromatic heterocycles. The van der Waals surface area contributed by atoms with Gasteiger partial charge in [-0.3, -0.25) is 4.79 Å². The van der Waals surface area contributed by atoms with Crippen molar-refractivity contribution in [3.05, 3.63) is 33.2 Å². The lowest BCUT2D eigenvalue weighted by atomic mass is 9.75. The van der Waals surface area contributed by atoms with E-state index >= 15 is 0 Å². The minimum absolute atomic E-state index is 0.0687. The molecular weight excluding hydrogens is 298 g/mol. The van der Waals surface area contributed by atoms with Crippen LogP contribution in [0.1, 0.15) is 32.1 Å². The van der Waals surface area contributed by atoms with Crippen molar-refractivity contribution >= 4 is 28.6 Å². The largest absolute Gasteiger partial charge is 0.314 e. The van der Waals surface area contributed by atoms with Gasteiger partial charge in [0.2, 0.25) is 0 Å². The van der Waals surface area contributed by atoms with Crippen LogP contribution in [-0.2, 0) is 6.54 Å². The van der Waals surface area contributed by atoms with Crippen molar-refractivity contribution in [1.82, 2.24) is 4.57 Å². The van der Waals surface area contributed by atoms with Crippen LogP contribution in [0.5, 0.6) is 0 Å². The highest BCUT2D eigenvalue weighted by Gasteiger charge is 2.31. The fourth-order valence-electron chi connectivity index (χ4n) is 2.66. The molecule has 0 radical (unpaired) electrons. The number of pyridine rings is 1. The summed E-state index contributed by atoms with van der Waals surface area (Å²) in [6.07, 6.45) is 8.12. The molecule has 0 bridgehead atoms. The minimum atomic E-state index is 0.0687. The summed E-state index contributed by atoms with van der Waals surface area (Å²) in [5, 5.41) is 0. The quantitative estimate of drug-likeness (QED) is 0.847. The molecule has 0 N–H and O–H groups in total. The third-order valence-electron chi connectivity index (χ3n) is 3.73. The monoisotopic (exact) mass is 315 g/mol. The lowest BCUT2D eigenvalue weighted by Gasteiger charge is -2.36. The van der Waals surface area contributed by atoms with E-state index < -0.39 is 0 Å². The van der Waals surface area contributed by atoms with E-state index in [9.17, 15) is 4.79 Å². The summed E-state index contributed by atoms with van der Waals surface area (Å²) in [6.45, 7) is 0.800.